The third-order valence-corrected chi connectivity index (χ3v) is 7.92. The van der Waals surface area contributed by atoms with Gasteiger partial charge in [-0.05, 0) is 37.8 Å². The van der Waals surface area contributed by atoms with Crippen LogP contribution in [-0.4, -0.2) is 80.9 Å². The van der Waals surface area contributed by atoms with E-state index in [-0.39, 0.29) is 17.7 Å². The number of carbonyl (C=O) groups is 1. The topological polar surface area (TPSA) is 60.9 Å². The van der Waals surface area contributed by atoms with Gasteiger partial charge in [0.15, 0.2) is 9.84 Å². The minimum atomic E-state index is -2.85. The summed E-state index contributed by atoms with van der Waals surface area (Å²) in [7, 11) is -2.85. The van der Waals surface area contributed by atoms with Gasteiger partial charge in [0.05, 0.1) is 18.1 Å². The highest BCUT2D eigenvalue weighted by Crippen LogP contribution is 2.28. The van der Waals surface area contributed by atoms with Crippen LogP contribution in [0, 0.1) is 6.92 Å². The minimum absolute atomic E-state index is 0.143. The van der Waals surface area contributed by atoms with Crippen LogP contribution in [0.15, 0.2) is 18.2 Å². The molecule has 2 fully saturated rings. The fourth-order valence-corrected chi connectivity index (χ4v) is 6.39. The predicted octanol–water partition coefficient (Wildman–Crippen LogP) is 1.08. The van der Waals surface area contributed by atoms with E-state index in [2.05, 4.69) is 34.9 Å². The number of hydrogen-bond donors (Lipinski definition) is 0. The van der Waals surface area contributed by atoms with Crippen LogP contribution in [0.1, 0.15) is 24.0 Å². The van der Waals surface area contributed by atoms with Crippen molar-refractivity contribution in [2.45, 2.75) is 32.2 Å². The highest BCUT2D eigenvalue weighted by Gasteiger charge is 2.34. The summed E-state index contributed by atoms with van der Waals surface area (Å²) in [4.78, 5) is 19.3. The average Bonchev–Trinajstić information content (AvgIpc) is 3.01. The van der Waals surface area contributed by atoms with Gasteiger partial charge < -0.3 is 9.80 Å². The lowest BCUT2D eigenvalue weighted by molar-refractivity contribution is -0.131. The Morgan fingerprint density at radius 2 is 1.93 bits per heavy atom. The molecular weight excluding hydrogens is 362 g/mol. The lowest BCUT2D eigenvalue weighted by atomic mass is 9.99. The van der Waals surface area contributed by atoms with Crippen LogP contribution in [0.2, 0.25) is 0 Å². The summed E-state index contributed by atoms with van der Waals surface area (Å²) in [5.74, 6) is 0.775. The summed E-state index contributed by atoms with van der Waals surface area (Å²) in [6.07, 6.45) is 2.92. The number of piperazine rings is 1. The van der Waals surface area contributed by atoms with Gasteiger partial charge in [0.1, 0.15) is 0 Å². The maximum atomic E-state index is 12.8. The Morgan fingerprint density at radius 1 is 1.15 bits per heavy atom. The first-order valence-corrected chi connectivity index (χ1v) is 11.8. The van der Waals surface area contributed by atoms with Crippen molar-refractivity contribution in [2.24, 2.45) is 0 Å². The van der Waals surface area contributed by atoms with E-state index in [9.17, 15) is 13.2 Å². The molecule has 1 aromatic rings. The van der Waals surface area contributed by atoms with Crippen molar-refractivity contribution in [3.63, 3.8) is 0 Å². The number of rotatable bonds is 3. The van der Waals surface area contributed by atoms with E-state index >= 15 is 0 Å². The first-order valence-electron chi connectivity index (χ1n) is 9.98. The van der Waals surface area contributed by atoms with E-state index in [1.54, 1.807) is 0 Å². The number of aryl methyl sites for hydroxylation is 2. The second kappa shape index (κ2) is 7.43. The molecule has 3 heterocycles. The first-order chi connectivity index (χ1) is 12.9. The average molecular weight is 392 g/mol. The molecule has 0 unspecified atom stereocenters. The molecule has 0 bridgehead atoms. The maximum Gasteiger partial charge on any atom is 0.242 e. The summed E-state index contributed by atoms with van der Waals surface area (Å²) < 4.78 is 23.4. The van der Waals surface area contributed by atoms with E-state index in [4.69, 9.17) is 0 Å². The zero-order chi connectivity index (χ0) is 19.0. The molecule has 3 aliphatic heterocycles. The Hall–Kier alpha value is -1.60. The summed E-state index contributed by atoms with van der Waals surface area (Å²) in [6, 6.07) is 6.65. The molecule has 0 aliphatic carbocycles. The SMILES string of the molecule is Cc1ccc2c(c1)CCCN2CC(=O)N1CCN([C@@H]2CCS(=O)(=O)C2)CC1. The number of hydrogen-bond acceptors (Lipinski definition) is 5. The molecule has 27 heavy (non-hydrogen) atoms. The quantitative estimate of drug-likeness (QED) is 0.772. The maximum absolute atomic E-state index is 12.8. The monoisotopic (exact) mass is 391 g/mol. The Bertz CT molecular complexity index is 816. The van der Waals surface area contributed by atoms with E-state index in [1.807, 2.05) is 4.90 Å². The molecule has 1 atom stereocenters. The lowest BCUT2D eigenvalue weighted by Crippen LogP contribution is -2.54. The number of carbonyl (C=O) groups excluding carboxylic acids is 1. The van der Waals surface area contributed by atoms with E-state index < -0.39 is 9.84 Å². The summed E-state index contributed by atoms with van der Waals surface area (Å²) in [5, 5.41) is 0. The van der Waals surface area contributed by atoms with Crippen LogP contribution >= 0.6 is 0 Å². The Labute approximate surface area is 162 Å². The van der Waals surface area contributed by atoms with Crippen LogP contribution < -0.4 is 4.90 Å². The van der Waals surface area contributed by atoms with Crippen LogP contribution in [0.3, 0.4) is 0 Å². The molecule has 1 amide bonds. The van der Waals surface area contributed by atoms with Gasteiger partial charge in [-0.1, -0.05) is 17.7 Å². The molecule has 2 saturated heterocycles. The van der Waals surface area contributed by atoms with Gasteiger partial charge in [-0.15, -0.1) is 0 Å². The molecule has 0 radical (unpaired) electrons. The van der Waals surface area contributed by atoms with Crippen molar-refractivity contribution >= 4 is 21.4 Å². The smallest absolute Gasteiger partial charge is 0.242 e. The summed E-state index contributed by atoms with van der Waals surface area (Å²) in [6.45, 7) is 6.44. The van der Waals surface area contributed by atoms with Crippen molar-refractivity contribution in [3.05, 3.63) is 29.3 Å². The van der Waals surface area contributed by atoms with Gasteiger partial charge in [-0.25, -0.2) is 8.42 Å². The summed E-state index contributed by atoms with van der Waals surface area (Å²) >= 11 is 0. The second-order valence-electron chi connectivity index (χ2n) is 8.13. The third-order valence-electron chi connectivity index (χ3n) is 6.17. The number of nitrogens with zero attached hydrogens (tertiary/aromatic N) is 3. The number of sulfone groups is 1. The zero-order valence-electron chi connectivity index (χ0n) is 16.1. The predicted molar refractivity (Wildman–Crippen MR) is 107 cm³/mol. The van der Waals surface area contributed by atoms with Gasteiger partial charge in [0.25, 0.3) is 0 Å². The molecule has 0 spiro atoms. The van der Waals surface area contributed by atoms with Gasteiger partial charge in [-0.2, -0.15) is 0 Å². The number of fused-ring (bicyclic) bond motifs is 1. The number of benzene rings is 1. The fraction of sp³-hybridized carbons (Fsp3) is 0.650. The van der Waals surface area contributed by atoms with Gasteiger partial charge >= 0.3 is 0 Å². The second-order valence-corrected chi connectivity index (χ2v) is 10.4. The Balaban J connectivity index is 1.33. The van der Waals surface area contributed by atoms with Gasteiger partial charge in [-0.3, -0.25) is 9.69 Å². The first kappa shape index (κ1) is 18.7. The molecule has 4 rings (SSSR count). The van der Waals surface area contributed by atoms with E-state index in [0.717, 1.165) is 38.9 Å². The molecular formula is C20H29N3O3S. The van der Waals surface area contributed by atoms with E-state index in [1.165, 1.54) is 16.8 Å². The van der Waals surface area contributed by atoms with Crippen LogP contribution in [0.25, 0.3) is 0 Å². The molecule has 3 aliphatic rings. The highest BCUT2D eigenvalue weighted by molar-refractivity contribution is 7.91. The van der Waals surface area contributed by atoms with Crippen molar-refractivity contribution < 1.29 is 13.2 Å². The molecule has 0 N–H and O–H groups in total. The molecule has 0 aromatic heterocycles. The number of anilines is 1. The molecule has 0 saturated carbocycles. The highest BCUT2D eigenvalue weighted by atomic mass is 32.2. The van der Waals surface area contributed by atoms with Crippen LogP contribution in [-0.2, 0) is 21.1 Å². The molecule has 1 aromatic carbocycles. The Kier molecular flexibility index (Phi) is 5.16. The lowest BCUT2D eigenvalue weighted by Gasteiger charge is -2.39. The fourth-order valence-electron chi connectivity index (χ4n) is 4.63. The molecule has 148 valence electrons. The minimum Gasteiger partial charge on any atom is -0.362 e. The standard InChI is InChI=1S/C20H29N3O3S/c1-16-4-5-19-17(13-16)3-2-7-23(19)14-20(24)22-10-8-21(9-11-22)18-6-12-27(25,26)15-18/h4-5,13,18H,2-3,6-12,14-15H2,1H3/t18-/m1/s1. The largest absolute Gasteiger partial charge is 0.362 e. The third kappa shape index (κ3) is 4.14. The normalized spacial score (nSPS) is 25.4. The van der Waals surface area contributed by atoms with Crippen molar-refractivity contribution in [2.75, 3.05) is 55.7 Å². The zero-order valence-corrected chi connectivity index (χ0v) is 16.9. The molecule has 7 heteroatoms. The van der Waals surface area contributed by atoms with Crippen LogP contribution in [0.5, 0.6) is 0 Å². The number of amides is 1. The van der Waals surface area contributed by atoms with Crippen molar-refractivity contribution in [1.29, 1.82) is 0 Å². The Morgan fingerprint density at radius 3 is 2.63 bits per heavy atom. The van der Waals surface area contributed by atoms with Gasteiger partial charge in [0, 0.05) is 44.5 Å². The molecule has 6 nitrogen and oxygen atoms in total. The van der Waals surface area contributed by atoms with Crippen LogP contribution in [0.4, 0.5) is 5.69 Å². The van der Waals surface area contributed by atoms with E-state index in [0.29, 0.717) is 25.4 Å². The summed E-state index contributed by atoms with van der Waals surface area (Å²) in [5.41, 5.74) is 3.82. The van der Waals surface area contributed by atoms with Crippen molar-refractivity contribution in [1.82, 2.24) is 9.80 Å². The van der Waals surface area contributed by atoms with Gasteiger partial charge in [0.2, 0.25) is 5.91 Å². The van der Waals surface area contributed by atoms with Crippen molar-refractivity contribution in [3.8, 4) is 0 Å².